The molecule has 0 bridgehead atoms. The Kier molecular flexibility index (Phi) is 3.55. The van der Waals surface area contributed by atoms with Crippen molar-refractivity contribution < 1.29 is 9.59 Å². The maximum atomic E-state index is 11.7. The summed E-state index contributed by atoms with van der Waals surface area (Å²) in [6, 6.07) is 5.33. The highest BCUT2D eigenvalue weighted by atomic mass is 16.2. The standard InChI is InChI=1S/C14H17N3O2/c1-9-4-3-5-11-10(8-16-13(9)11)6-7-12(18)17(2)14(15)19/h3-5,8,16H,6-7H2,1-2H3,(H2,15,19). The number of primary amides is 1. The van der Waals surface area contributed by atoms with Crippen LogP contribution in [-0.2, 0) is 11.2 Å². The number of nitrogens with two attached hydrogens (primary N) is 1. The SMILES string of the molecule is Cc1cccc2c(CCC(=O)N(C)C(N)=O)c[nH]c12. The van der Waals surface area contributed by atoms with Gasteiger partial charge in [-0.25, -0.2) is 4.79 Å². The van der Waals surface area contributed by atoms with Gasteiger partial charge in [0, 0.05) is 30.6 Å². The minimum atomic E-state index is -0.722. The molecule has 1 aromatic heterocycles. The molecule has 0 aliphatic rings. The molecule has 100 valence electrons. The van der Waals surface area contributed by atoms with Crippen molar-refractivity contribution in [1.29, 1.82) is 0 Å². The van der Waals surface area contributed by atoms with Gasteiger partial charge in [-0.3, -0.25) is 9.69 Å². The molecule has 19 heavy (non-hydrogen) atoms. The molecule has 0 spiro atoms. The van der Waals surface area contributed by atoms with E-state index in [-0.39, 0.29) is 12.3 Å². The molecule has 0 saturated carbocycles. The second-order valence-corrected chi connectivity index (χ2v) is 4.60. The molecule has 0 radical (unpaired) electrons. The smallest absolute Gasteiger partial charge is 0.321 e. The predicted molar refractivity (Wildman–Crippen MR) is 73.7 cm³/mol. The topological polar surface area (TPSA) is 79.2 Å². The molecule has 0 aliphatic heterocycles. The van der Waals surface area contributed by atoms with Gasteiger partial charge in [-0.05, 0) is 24.5 Å². The van der Waals surface area contributed by atoms with Crippen molar-refractivity contribution in [3.8, 4) is 0 Å². The first-order chi connectivity index (χ1) is 9.00. The van der Waals surface area contributed by atoms with Crippen LogP contribution in [0.1, 0.15) is 17.5 Å². The second kappa shape index (κ2) is 5.14. The van der Waals surface area contributed by atoms with Gasteiger partial charge in [0.2, 0.25) is 5.91 Å². The van der Waals surface area contributed by atoms with Crippen molar-refractivity contribution in [3.05, 3.63) is 35.5 Å². The van der Waals surface area contributed by atoms with Crippen LogP contribution < -0.4 is 5.73 Å². The van der Waals surface area contributed by atoms with Crippen molar-refractivity contribution in [2.24, 2.45) is 5.73 Å². The van der Waals surface area contributed by atoms with Crippen molar-refractivity contribution in [2.75, 3.05) is 7.05 Å². The number of aryl methyl sites for hydroxylation is 2. The lowest BCUT2D eigenvalue weighted by molar-refractivity contribution is -0.127. The Morgan fingerprint density at radius 1 is 1.37 bits per heavy atom. The summed E-state index contributed by atoms with van der Waals surface area (Å²) >= 11 is 0. The molecule has 0 fully saturated rings. The number of hydrogen-bond donors (Lipinski definition) is 2. The van der Waals surface area contributed by atoms with Crippen molar-refractivity contribution in [3.63, 3.8) is 0 Å². The van der Waals surface area contributed by atoms with Gasteiger partial charge in [-0.1, -0.05) is 18.2 Å². The number of carbonyl (C=O) groups is 2. The molecular weight excluding hydrogens is 242 g/mol. The summed E-state index contributed by atoms with van der Waals surface area (Å²) in [6.45, 7) is 2.04. The molecule has 5 nitrogen and oxygen atoms in total. The highest BCUT2D eigenvalue weighted by Crippen LogP contribution is 2.22. The van der Waals surface area contributed by atoms with Crippen LogP contribution >= 0.6 is 0 Å². The highest BCUT2D eigenvalue weighted by molar-refractivity contribution is 5.93. The number of fused-ring (bicyclic) bond motifs is 1. The number of aromatic amines is 1. The van der Waals surface area contributed by atoms with E-state index in [2.05, 4.69) is 4.98 Å². The molecule has 5 heteroatoms. The molecular formula is C14H17N3O2. The molecule has 0 saturated heterocycles. The summed E-state index contributed by atoms with van der Waals surface area (Å²) in [7, 11) is 1.39. The number of H-pyrrole nitrogens is 1. The van der Waals surface area contributed by atoms with E-state index in [0.29, 0.717) is 6.42 Å². The van der Waals surface area contributed by atoms with E-state index in [4.69, 9.17) is 5.73 Å². The van der Waals surface area contributed by atoms with Gasteiger partial charge >= 0.3 is 6.03 Å². The Labute approximate surface area is 111 Å². The summed E-state index contributed by atoms with van der Waals surface area (Å²) in [6.07, 6.45) is 2.76. The summed E-state index contributed by atoms with van der Waals surface area (Å²) < 4.78 is 0. The number of aromatic nitrogens is 1. The fraction of sp³-hybridized carbons (Fsp3) is 0.286. The van der Waals surface area contributed by atoms with Crippen LogP contribution in [-0.4, -0.2) is 28.9 Å². The predicted octanol–water partition coefficient (Wildman–Crippen LogP) is 1.95. The molecule has 2 rings (SSSR count). The average Bonchev–Trinajstić information content (AvgIpc) is 2.79. The van der Waals surface area contributed by atoms with Crippen LogP contribution in [0.4, 0.5) is 4.79 Å². The fourth-order valence-electron chi connectivity index (χ4n) is 2.10. The molecule has 3 N–H and O–H groups in total. The maximum Gasteiger partial charge on any atom is 0.321 e. The lowest BCUT2D eigenvalue weighted by Gasteiger charge is -2.11. The van der Waals surface area contributed by atoms with Gasteiger partial charge in [0.1, 0.15) is 0 Å². The van der Waals surface area contributed by atoms with E-state index < -0.39 is 6.03 Å². The van der Waals surface area contributed by atoms with E-state index in [1.165, 1.54) is 12.6 Å². The zero-order valence-corrected chi connectivity index (χ0v) is 11.1. The number of para-hydroxylation sites is 1. The Balaban J connectivity index is 2.13. The summed E-state index contributed by atoms with van der Waals surface area (Å²) in [5.74, 6) is -0.269. The Hall–Kier alpha value is -2.30. The van der Waals surface area contributed by atoms with Gasteiger partial charge in [-0.2, -0.15) is 0 Å². The number of nitrogens with zero attached hydrogens (tertiary/aromatic N) is 1. The number of carbonyl (C=O) groups excluding carboxylic acids is 2. The van der Waals surface area contributed by atoms with E-state index in [1.807, 2.05) is 31.3 Å². The number of imide groups is 1. The van der Waals surface area contributed by atoms with Crippen LogP contribution in [0.25, 0.3) is 10.9 Å². The third kappa shape index (κ3) is 2.59. The number of rotatable bonds is 3. The summed E-state index contributed by atoms with van der Waals surface area (Å²) in [4.78, 5) is 26.7. The molecule has 1 aromatic carbocycles. The Morgan fingerprint density at radius 2 is 2.11 bits per heavy atom. The van der Waals surface area contributed by atoms with Gasteiger partial charge in [0.05, 0.1) is 0 Å². The fourth-order valence-corrected chi connectivity index (χ4v) is 2.10. The quantitative estimate of drug-likeness (QED) is 0.883. The normalized spacial score (nSPS) is 10.6. The van der Waals surface area contributed by atoms with Crippen LogP contribution in [0.2, 0.25) is 0 Å². The molecule has 3 amide bonds. The lowest BCUT2D eigenvalue weighted by atomic mass is 10.1. The summed E-state index contributed by atoms with van der Waals surface area (Å²) in [5.41, 5.74) is 8.39. The Bertz CT molecular complexity index is 631. The average molecular weight is 259 g/mol. The van der Waals surface area contributed by atoms with Crippen LogP contribution in [0, 0.1) is 6.92 Å². The van der Waals surface area contributed by atoms with E-state index in [9.17, 15) is 9.59 Å². The first-order valence-electron chi connectivity index (χ1n) is 6.12. The van der Waals surface area contributed by atoms with Crippen LogP contribution in [0.3, 0.4) is 0 Å². The molecule has 2 aromatic rings. The maximum absolute atomic E-state index is 11.7. The van der Waals surface area contributed by atoms with E-state index >= 15 is 0 Å². The van der Waals surface area contributed by atoms with E-state index in [1.54, 1.807) is 0 Å². The Morgan fingerprint density at radius 3 is 2.79 bits per heavy atom. The number of nitrogens with one attached hydrogen (secondary N) is 1. The third-order valence-corrected chi connectivity index (χ3v) is 3.32. The molecule has 0 atom stereocenters. The number of benzene rings is 1. The highest BCUT2D eigenvalue weighted by Gasteiger charge is 2.14. The second-order valence-electron chi connectivity index (χ2n) is 4.60. The minimum absolute atomic E-state index is 0.264. The zero-order valence-electron chi connectivity index (χ0n) is 11.1. The number of urea groups is 1. The minimum Gasteiger partial charge on any atom is -0.361 e. The number of amides is 3. The first kappa shape index (κ1) is 13.1. The monoisotopic (exact) mass is 259 g/mol. The van der Waals surface area contributed by atoms with Crippen molar-refractivity contribution >= 4 is 22.8 Å². The number of hydrogen-bond acceptors (Lipinski definition) is 2. The van der Waals surface area contributed by atoms with Crippen LogP contribution in [0.5, 0.6) is 0 Å². The largest absolute Gasteiger partial charge is 0.361 e. The third-order valence-electron chi connectivity index (χ3n) is 3.32. The van der Waals surface area contributed by atoms with Crippen molar-refractivity contribution in [1.82, 2.24) is 9.88 Å². The van der Waals surface area contributed by atoms with E-state index in [0.717, 1.165) is 21.4 Å². The van der Waals surface area contributed by atoms with Crippen LogP contribution in [0.15, 0.2) is 24.4 Å². The first-order valence-corrected chi connectivity index (χ1v) is 6.12. The van der Waals surface area contributed by atoms with Crippen molar-refractivity contribution in [2.45, 2.75) is 19.8 Å². The van der Waals surface area contributed by atoms with Gasteiger partial charge < -0.3 is 10.7 Å². The molecule has 0 unspecified atom stereocenters. The molecule has 0 aliphatic carbocycles. The zero-order chi connectivity index (χ0) is 14.0. The lowest BCUT2D eigenvalue weighted by Crippen LogP contribution is -2.37. The molecule has 1 heterocycles. The van der Waals surface area contributed by atoms with Gasteiger partial charge in [0.25, 0.3) is 0 Å². The summed E-state index contributed by atoms with van der Waals surface area (Å²) in [5, 5.41) is 1.12. The van der Waals surface area contributed by atoms with Gasteiger partial charge in [0.15, 0.2) is 0 Å². The van der Waals surface area contributed by atoms with Gasteiger partial charge in [-0.15, -0.1) is 0 Å².